The molecule has 1 aromatic carbocycles. The van der Waals surface area contributed by atoms with Crippen molar-refractivity contribution in [2.24, 2.45) is 5.92 Å². The van der Waals surface area contributed by atoms with Crippen LogP contribution < -0.4 is 5.55 Å². The zero-order chi connectivity index (χ0) is 12.4. The van der Waals surface area contributed by atoms with E-state index in [1.807, 2.05) is 13.8 Å². The Kier molecular flexibility index (Phi) is 2.88. The van der Waals surface area contributed by atoms with Gasteiger partial charge in [0.15, 0.2) is 0 Å². The Labute approximate surface area is 99.2 Å². The molecule has 1 heterocycles. The van der Waals surface area contributed by atoms with Crippen LogP contribution in [0.1, 0.15) is 19.4 Å². The average molecular weight is 227 g/mol. The highest BCUT2D eigenvalue weighted by Crippen LogP contribution is 2.24. The smallest absolute Gasteiger partial charge is 0.211 e. The predicted octanol–water partition coefficient (Wildman–Crippen LogP) is 2.63. The van der Waals surface area contributed by atoms with Crippen LogP contribution >= 0.6 is 0 Å². The Morgan fingerprint density at radius 3 is 2.76 bits per heavy atom. The highest BCUT2D eigenvalue weighted by atomic mass is 16.3. The number of phenols is 1. The molecule has 0 spiro atoms. The molecule has 3 heteroatoms. The van der Waals surface area contributed by atoms with Crippen LogP contribution in [0.15, 0.2) is 28.7 Å². The zero-order valence-electron chi connectivity index (χ0n) is 9.74. The molecular weight excluding hydrogens is 214 g/mol. The van der Waals surface area contributed by atoms with Crippen LogP contribution in [-0.4, -0.2) is 5.11 Å². The summed E-state index contributed by atoms with van der Waals surface area (Å²) in [6.07, 6.45) is 0. The molecule has 0 fully saturated rings. The van der Waals surface area contributed by atoms with Crippen molar-refractivity contribution in [2.75, 3.05) is 0 Å². The summed E-state index contributed by atoms with van der Waals surface area (Å²) in [4.78, 5) is 0. The molecule has 0 aliphatic heterocycles. The van der Waals surface area contributed by atoms with Gasteiger partial charge in [-0.1, -0.05) is 25.7 Å². The summed E-state index contributed by atoms with van der Waals surface area (Å²) in [5, 5.41) is 17.8. The first-order valence-corrected chi connectivity index (χ1v) is 5.39. The second-order valence-electron chi connectivity index (χ2n) is 4.13. The molecule has 2 N–H and O–H groups in total. The first-order chi connectivity index (χ1) is 8.06. The third kappa shape index (κ3) is 2.48. The van der Waals surface area contributed by atoms with Crippen LogP contribution in [0, 0.1) is 23.2 Å². The van der Waals surface area contributed by atoms with E-state index in [9.17, 15) is 5.11 Å². The minimum absolute atomic E-state index is 0.0610. The first kappa shape index (κ1) is 11.3. The fourth-order valence-corrected chi connectivity index (χ4v) is 1.48. The number of benzene rings is 1. The summed E-state index contributed by atoms with van der Waals surface area (Å²) in [7, 11) is 0. The maximum Gasteiger partial charge on any atom is 0.211 e. The maximum absolute atomic E-state index is 9.82. The van der Waals surface area contributed by atoms with Gasteiger partial charge in [-0.3, -0.25) is 5.41 Å². The van der Waals surface area contributed by atoms with Gasteiger partial charge in [0.2, 0.25) is 5.55 Å². The minimum atomic E-state index is 0.0610. The fourth-order valence-electron chi connectivity index (χ4n) is 1.48. The molecule has 2 aromatic rings. The van der Waals surface area contributed by atoms with Crippen molar-refractivity contribution in [1.29, 1.82) is 5.41 Å². The van der Waals surface area contributed by atoms with Gasteiger partial charge in [0.1, 0.15) is 11.3 Å². The van der Waals surface area contributed by atoms with Gasteiger partial charge in [0.25, 0.3) is 0 Å². The molecule has 2 rings (SSSR count). The van der Waals surface area contributed by atoms with Crippen LogP contribution in [-0.2, 0) is 0 Å². The van der Waals surface area contributed by atoms with E-state index < -0.39 is 0 Å². The lowest BCUT2D eigenvalue weighted by atomic mass is 10.1. The second-order valence-corrected chi connectivity index (χ2v) is 4.13. The fraction of sp³-hybridized carbons (Fsp3) is 0.214. The SMILES string of the molecule is CC(C)C#Cc1cc(O)c2ccc(=N)oc2c1. The van der Waals surface area contributed by atoms with E-state index in [0.29, 0.717) is 16.5 Å². The van der Waals surface area contributed by atoms with Gasteiger partial charge in [-0.15, -0.1) is 0 Å². The van der Waals surface area contributed by atoms with Crippen molar-refractivity contribution in [3.05, 3.63) is 35.4 Å². The Hall–Kier alpha value is -2.21. The summed E-state index contributed by atoms with van der Waals surface area (Å²) in [6.45, 7) is 4.00. The van der Waals surface area contributed by atoms with E-state index in [4.69, 9.17) is 9.83 Å². The standard InChI is InChI=1S/C14H13NO2/c1-9(2)3-4-10-7-12(16)11-5-6-14(15)17-13(11)8-10/h5-9,15-16H,1-2H3. The summed E-state index contributed by atoms with van der Waals surface area (Å²) in [5.74, 6) is 6.38. The Morgan fingerprint density at radius 1 is 1.29 bits per heavy atom. The zero-order valence-corrected chi connectivity index (χ0v) is 9.74. The molecule has 3 nitrogen and oxygen atoms in total. The minimum Gasteiger partial charge on any atom is -0.507 e. The lowest BCUT2D eigenvalue weighted by molar-refractivity contribution is 0.477. The number of aromatic hydroxyl groups is 1. The van der Waals surface area contributed by atoms with Crippen LogP contribution in [0.5, 0.6) is 5.75 Å². The average Bonchev–Trinajstić information content (AvgIpc) is 2.25. The van der Waals surface area contributed by atoms with E-state index in [-0.39, 0.29) is 17.2 Å². The van der Waals surface area contributed by atoms with Crippen LogP contribution in [0.25, 0.3) is 11.0 Å². The van der Waals surface area contributed by atoms with Crippen molar-refractivity contribution in [1.82, 2.24) is 0 Å². The lowest BCUT2D eigenvalue weighted by Gasteiger charge is -2.01. The lowest BCUT2D eigenvalue weighted by Crippen LogP contribution is -1.95. The highest BCUT2D eigenvalue weighted by Gasteiger charge is 2.03. The molecule has 0 atom stereocenters. The number of fused-ring (bicyclic) bond motifs is 1. The van der Waals surface area contributed by atoms with Gasteiger partial charge in [0, 0.05) is 17.5 Å². The molecule has 1 aromatic heterocycles. The first-order valence-electron chi connectivity index (χ1n) is 5.39. The molecule has 0 bridgehead atoms. The molecular formula is C14H13NO2. The molecule has 17 heavy (non-hydrogen) atoms. The van der Waals surface area contributed by atoms with E-state index in [1.165, 1.54) is 6.07 Å². The van der Waals surface area contributed by atoms with Gasteiger partial charge in [-0.2, -0.15) is 0 Å². The number of rotatable bonds is 0. The monoisotopic (exact) mass is 227 g/mol. The van der Waals surface area contributed by atoms with Gasteiger partial charge in [-0.25, -0.2) is 0 Å². The van der Waals surface area contributed by atoms with Gasteiger partial charge < -0.3 is 9.52 Å². The third-order valence-corrected chi connectivity index (χ3v) is 2.25. The number of phenolic OH excluding ortho intramolecular Hbond substituents is 1. The summed E-state index contributed by atoms with van der Waals surface area (Å²) < 4.78 is 5.23. The van der Waals surface area contributed by atoms with Gasteiger partial charge in [-0.05, 0) is 18.2 Å². The van der Waals surface area contributed by atoms with Gasteiger partial charge in [0.05, 0.1) is 5.39 Å². The Bertz CT molecular complexity index is 672. The predicted molar refractivity (Wildman–Crippen MR) is 65.4 cm³/mol. The van der Waals surface area contributed by atoms with Crippen LogP contribution in [0.3, 0.4) is 0 Å². The van der Waals surface area contributed by atoms with Crippen molar-refractivity contribution >= 4 is 11.0 Å². The molecule has 0 amide bonds. The summed E-state index contributed by atoms with van der Waals surface area (Å²) >= 11 is 0. The number of hydrogen-bond acceptors (Lipinski definition) is 3. The van der Waals surface area contributed by atoms with Crippen molar-refractivity contribution in [3.63, 3.8) is 0 Å². The van der Waals surface area contributed by atoms with Crippen molar-refractivity contribution < 1.29 is 9.52 Å². The van der Waals surface area contributed by atoms with E-state index in [2.05, 4.69) is 11.8 Å². The molecule has 0 aliphatic rings. The number of nitrogens with one attached hydrogen (secondary N) is 1. The van der Waals surface area contributed by atoms with Crippen molar-refractivity contribution in [2.45, 2.75) is 13.8 Å². The Balaban J connectivity index is 2.63. The normalized spacial score (nSPS) is 10.3. The molecule has 0 saturated heterocycles. The molecule has 0 aliphatic carbocycles. The number of hydrogen-bond donors (Lipinski definition) is 2. The van der Waals surface area contributed by atoms with E-state index in [1.54, 1.807) is 18.2 Å². The largest absolute Gasteiger partial charge is 0.507 e. The molecule has 0 unspecified atom stereocenters. The topological polar surface area (TPSA) is 57.2 Å². The quantitative estimate of drug-likeness (QED) is 0.680. The molecule has 0 radical (unpaired) electrons. The van der Waals surface area contributed by atoms with Crippen LogP contribution in [0.4, 0.5) is 0 Å². The van der Waals surface area contributed by atoms with Crippen LogP contribution in [0.2, 0.25) is 0 Å². The summed E-state index contributed by atoms with van der Waals surface area (Å²) in [6, 6.07) is 6.51. The Morgan fingerprint density at radius 2 is 2.06 bits per heavy atom. The maximum atomic E-state index is 9.82. The van der Waals surface area contributed by atoms with E-state index in [0.717, 1.165) is 0 Å². The second kappa shape index (κ2) is 4.34. The highest BCUT2D eigenvalue weighted by molar-refractivity contribution is 5.84. The molecule has 86 valence electrons. The third-order valence-electron chi connectivity index (χ3n) is 2.25. The van der Waals surface area contributed by atoms with Gasteiger partial charge >= 0.3 is 0 Å². The van der Waals surface area contributed by atoms with Crippen molar-refractivity contribution in [3.8, 4) is 17.6 Å². The summed E-state index contributed by atoms with van der Waals surface area (Å²) in [5.41, 5.74) is 1.23. The van der Waals surface area contributed by atoms with E-state index >= 15 is 0 Å². The molecule has 0 saturated carbocycles.